The van der Waals surface area contributed by atoms with Crippen molar-refractivity contribution in [1.82, 2.24) is 14.9 Å². The number of aliphatic hydroxyl groups is 1. The summed E-state index contributed by atoms with van der Waals surface area (Å²) >= 11 is 0. The summed E-state index contributed by atoms with van der Waals surface area (Å²) in [4.78, 5) is 16.9. The van der Waals surface area contributed by atoms with E-state index in [2.05, 4.69) is 10.3 Å². The van der Waals surface area contributed by atoms with Crippen LogP contribution in [0, 0.1) is 6.92 Å². The minimum Gasteiger partial charge on any atom is -0.388 e. The molecule has 3 heterocycles. The van der Waals surface area contributed by atoms with Gasteiger partial charge in [0.05, 0.1) is 30.3 Å². The molecule has 0 spiro atoms. The molecule has 4 rings (SSSR count). The molecule has 2 saturated heterocycles. The highest BCUT2D eigenvalue weighted by atomic mass is 16.6. The molecule has 0 aliphatic carbocycles. The molecule has 2 aliphatic heterocycles. The van der Waals surface area contributed by atoms with Gasteiger partial charge in [0.2, 0.25) is 5.91 Å². The van der Waals surface area contributed by atoms with Crippen LogP contribution in [-0.4, -0.2) is 58.1 Å². The number of aromatic nitrogens is 2. The molecule has 2 aromatic rings. The van der Waals surface area contributed by atoms with E-state index in [9.17, 15) is 9.90 Å². The number of para-hydroxylation sites is 2. The van der Waals surface area contributed by atoms with Gasteiger partial charge in [-0.2, -0.15) is 0 Å². The number of benzene rings is 1. The number of ether oxygens (including phenoxy) is 2. The quantitative estimate of drug-likeness (QED) is 0.831. The van der Waals surface area contributed by atoms with Crippen LogP contribution in [0.25, 0.3) is 11.0 Å². The molecule has 2 fully saturated rings. The molecule has 122 valence electrons. The predicted molar refractivity (Wildman–Crippen MR) is 81.9 cm³/mol. The van der Waals surface area contributed by atoms with Crippen molar-refractivity contribution in [2.45, 2.75) is 37.8 Å². The van der Waals surface area contributed by atoms with Crippen LogP contribution in [0.4, 0.5) is 0 Å². The first-order valence-corrected chi connectivity index (χ1v) is 7.76. The van der Waals surface area contributed by atoms with Crippen LogP contribution >= 0.6 is 0 Å². The summed E-state index contributed by atoms with van der Waals surface area (Å²) in [6.45, 7) is 2.70. The maximum absolute atomic E-state index is 12.4. The van der Waals surface area contributed by atoms with E-state index >= 15 is 0 Å². The van der Waals surface area contributed by atoms with E-state index in [1.54, 1.807) is 0 Å². The Balaban J connectivity index is 1.47. The molecule has 2 N–H and O–H groups in total. The van der Waals surface area contributed by atoms with Crippen molar-refractivity contribution in [1.29, 1.82) is 0 Å². The van der Waals surface area contributed by atoms with E-state index in [1.807, 2.05) is 35.8 Å². The van der Waals surface area contributed by atoms with Gasteiger partial charge in [0.1, 0.15) is 30.7 Å². The first-order valence-electron chi connectivity index (χ1n) is 7.76. The van der Waals surface area contributed by atoms with Crippen molar-refractivity contribution in [2.75, 3.05) is 13.2 Å². The van der Waals surface area contributed by atoms with Gasteiger partial charge in [-0.05, 0) is 19.1 Å². The van der Waals surface area contributed by atoms with Gasteiger partial charge >= 0.3 is 0 Å². The summed E-state index contributed by atoms with van der Waals surface area (Å²) < 4.78 is 12.9. The predicted octanol–water partition coefficient (Wildman–Crippen LogP) is -0.0120. The maximum atomic E-state index is 12.4. The lowest BCUT2D eigenvalue weighted by Crippen LogP contribution is -2.45. The number of imidazole rings is 1. The lowest BCUT2D eigenvalue weighted by molar-refractivity contribution is -0.123. The van der Waals surface area contributed by atoms with Crippen molar-refractivity contribution >= 4 is 16.9 Å². The van der Waals surface area contributed by atoms with Gasteiger partial charge in [0.15, 0.2) is 0 Å². The van der Waals surface area contributed by atoms with E-state index < -0.39 is 6.10 Å². The number of amides is 1. The van der Waals surface area contributed by atoms with Gasteiger partial charge in [-0.15, -0.1) is 0 Å². The number of carbonyl (C=O) groups excluding carboxylic acids is 1. The highest BCUT2D eigenvalue weighted by Gasteiger charge is 2.47. The molecule has 2 aliphatic rings. The van der Waals surface area contributed by atoms with Gasteiger partial charge in [-0.25, -0.2) is 4.98 Å². The SMILES string of the molecule is Cc1nc2ccccc2n1CC(=O)N[C@@H]1CO[C@H]2[C@@H]1OC[C@H]2O. The molecule has 1 aromatic heterocycles. The molecular weight excluding hydrogens is 298 g/mol. The summed E-state index contributed by atoms with van der Waals surface area (Å²) in [5.74, 6) is 0.685. The van der Waals surface area contributed by atoms with Crippen LogP contribution in [0.1, 0.15) is 5.82 Å². The number of rotatable bonds is 3. The molecule has 1 amide bonds. The van der Waals surface area contributed by atoms with E-state index in [0.29, 0.717) is 6.61 Å². The molecule has 0 saturated carbocycles. The van der Waals surface area contributed by atoms with E-state index in [0.717, 1.165) is 16.9 Å². The maximum Gasteiger partial charge on any atom is 0.240 e. The van der Waals surface area contributed by atoms with Gasteiger partial charge in [-0.1, -0.05) is 12.1 Å². The Kier molecular flexibility index (Phi) is 3.56. The Hall–Kier alpha value is -1.96. The molecule has 0 bridgehead atoms. The van der Waals surface area contributed by atoms with E-state index in [-0.39, 0.29) is 37.3 Å². The van der Waals surface area contributed by atoms with Crippen LogP contribution in [0.2, 0.25) is 0 Å². The lowest BCUT2D eigenvalue weighted by atomic mass is 10.1. The highest BCUT2D eigenvalue weighted by Crippen LogP contribution is 2.27. The fourth-order valence-electron chi connectivity index (χ4n) is 3.39. The number of hydrogen-bond donors (Lipinski definition) is 2. The minimum atomic E-state index is -0.610. The highest BCUT2D eigenvalue weighted by molar-refractivity contribution is 5.81. The van der Waals surface area contributed by atoms with Crippen molar-refractivity contribution in [3.63, 3.8) is 0 Å². The number of carbonyl (C=O) groups is 1. The van der Waals surface area contributed by atoms with Gasteiger partial charge < -0.3 is 24.5 Å². The van der Waals surface area contributed by atoms with Crippen LogP contribution in [0.3, 0.4) is 0 Å². The molecule has 7 heteroatoms. The number of nitrogens with one attached hydrogen (secondary N) is 1. The molecule has 0 radical (unpaired) electrons. The second-order valence-corrected chi connectivity index (χ2v) is 6.07. The second-order valence-electron chi connectivity index (χ2n) is 6.07. The molecule has 23 heavy (non-hydrogen) atoms. The Morgan fingerprint density at radius 2 is 2.13 bits per heavy atom. The van der Waals surface area contributed by atoms with Crippen LogP contribution in [0.5, 0.6) is 0 Å². The normalized spacial score (nSPS) is 29.8. The molecule has 1 aromatic carbocycles. The fourth-order valence-corrected chi connectivity index (χ4v) is 3.39. The Morgan fingerprint density at radius 1 is 1.35 bits per heavy atom. The summed E-state index contributed by atoms with van der Waals surface area (Å²) in [6.07, 6.45) is -1.22. The Labute approximate surface area is 133 Å². The van der Waals surface area contributed by atoms with Crippen LogP contribution in [-0.2, 0) is 20.8 Å². The van der Waals surface area contributed by atoms with Gasteiger partial charge in [0.25, 0.3) is 0 Å². The van der Waals surface area contributed by atoms with Crippen molar-refractivity contribution in [2.24, 2.45) is 0 Å². The number of nitrogens with zero attached hydrogens (tertiary/aromatic N) is 2. The summed E-state index contributed by atoms with van der Waals surface area (Å²) in [7, 11) is 0. The summed E-state index contributed by atoms with van der Waals surface area (Å²) in [5.41, 5.74) is 1.82. The zero-order valence-electron chi connectivity index (χ0n) is 12.8. The minimum absolute atomic E-state index is 0.115. The third kappa shape index (κ3) is 2.50. The average Bonchev–Trinajstić information content (AvgIpc) is 3.18. The van der Waals surface area contributed by atoms with Crippen molar-refractivity contribution < 1.29 is 19.4 Å². The third-order valence-corrected chi connectivity index (χ3v) is 4.52. The summed E-state index contributed by atoms with van der Waals surface area (Å²) in [6, 6.07) is 7.52. The molecular formula is C16H19N3O4. The largest absolute Gasteiger partial charge is 0.388 e. The van der Waals surface area contributed by atoms with E-state index in [4.69, 9.17) is 9.47 Å². The van der Waals surface area contributed by atoms with E-state index in [1.165, 1.54) is 0 Å². The molecule has 4 atom stereocenters. The average molecular weight is 317 g/mol. The van der Waals surface area contributed by atoms with Gasteiger partial charge in [-0.3, -0.25) is 4.79 Å². The number of fused-ring (bicyclic) bond motifs is 2. The van der Waals surface area contributed by atoms with Crippen LogP contribution in [0.15, 0.2) is 24.3 Å². The fraction of sp³-hybridized carbons (Fsp3) is 0.500. The van der Waals surface area contributed by atoms with Crippen molar-refractivity contribution in [3.8, 4) is 0 Å². The molecule has 7 nitrogen and oxygen atoms in total. The standard InChI is InChI=1S/C16H19N3O4/c1-9-17-10-4-2-3-5-12(10)19(9)6-14(21)18-11-7-22-16-13(20)8-23-15(11)16/h2-5,11,13,15-16,20H,6-8H2,1H3,(H,18,21)/t11-,13-,15-,16-/m1/s1. The van der Waals surface area contributed by atoms with Gasteiger partial charge in [0, 0.05) is 0 Å². The monoisotopic (exact) mass is 317 g/mol. The molecule has 0 unspecified atom stereocenters. The first kappa shape index (κ1) is 14.6. The Bertz CT molecular complexity index is 744. The van der Waals surface area contributed by atoms with Crippen LogP contribution < -0.4 is 5.32 Å². The number of hydrogen-bond acceptors (Lipinski definition) is 5. The number of aliphatic hydroxyl groups excluding tert-OH is 1. The number of aryl methyl sites for hydroxylation is 1. The van der Waals surface area contributed by atoms with Crippen molar-refractivity contribution in [3.05, 3.63) is 30.1 Å². The lowest BCUT2D eigenvalue weighted by Gasteiger charge is -2.18. The first-order chi connectivity index (χ1) is 11.1. The second kappa shape index (κ2) is 5.59. The Morgan fingerprint density at radius 3 is 3.00 bits per heavy atom. The zero-order valence-corrected chi connectivity index (χ0v) is 12.8. The topological polar surface area (TPSA) is 85.6 Å². The summed E-state index contributed by atoms with van der Waals surface area (Å²) in [5, 5.41) is 12.7. The smallest absolute Gasteiger partial charge is 0.240 e. The zero-order chi connectivity index (χ0) is 16.0. The third-order valence-electron chi connectivity index (χ3n) is 4.52.